The van der Waals surface area contributed by atoms with Crippen molar-refractivity contribution in [3.8, 4) is 5.75 Å². The fraction of sp³-hybridized carbons (Fsp3) is 0.0714. The topological polar surface area (TPSA) is 78.4 Å². The third-order valence-corrected chi connectivity index (χ3v) is 6.23. The number of para-hydroxylation sites is 1. The fourth-order valence-corrected chi connectivity index (χ4v) is 4.74. The third-order valence-electron chi connectivity index (χ3n) is 6.23. The van der Waals surface area contributed by atoms with Crippen molar-refractivity contribution in [1.82, 2.24) is 9.97 Å². The lowest BCUT2D eigenvalue weighted by Crippen LogP contribution is -2.10. The number of methoxy groups -OCH3 is 1. The van der Waals surface area contributed by atoms with E-state index in [1.807, 2.05) is 49.4 Å². The van der Waals surface area contributed by atoms with Gasteiger partial charge in [-0.2, -0.15) is 0 Å². The molecule has 0 saturated heterocycles. The van der Waals surface area contributed by atoms with E-state index in [0.717, 1.165) is 48.9 Å². The molecule has 34 heavy (non-hydrogen) atoms. The SMILES string of the molecule is COC(=O)c1cnc2c3ccc(C(=O)Oc4ccccc4)c4c(C)cnc(c5cccc1c52)c43. The van der Waals surface area contributed by atoms with E-state index in [1.54, 1.807) is 30.6 Å². The van der Waals surface area contributed by atoms with Gasteiger partial charge in [-0.05, 0) is 30.7 Å². The summed E-state index contributed by atoms with van der Waals surface area (Å²) < 4.78 is 10.6. The molecule has 2 heterocycles. The van der Waals surface area contributed by atoms with Gasteiger partial charge in [0.2, 0.25) is 0 Å². The van der Waals surface area contributed by atoms with Crippen molar-refractivity contribution in [2.24, 2.45) is 0 Å². The highest BCUT2D eigenvalue weighted by atomic mass is 16.5. The number of ether oxygens (including phenoxy) is 2. The Morgan fingerprint density at radius 2 is 1.38 bits per heavy atom. The average molecular weight is 446 g/mol. The first-order valence-corrected chi connectivity index (χ1v) is 10.8. The van der Waals surface area contributed by atoms with Crippen molar-refractivity contribution in [3.05, 3.63) is 89.7 Å². The van der Waals surface area contributed by atoms with E-state index in [4.69, 9.17) is 14.5 Å². The smallest absolute Gasteiger partial charge is 0.344 e. The number of carbonyl (C=O) groups is 2. The van der Waals surface area contributed by atoms with E-state index in [1.165, 1.54) is 7.11 Å². The normalized spacial score (nSPS) is 11.5. The first kappa shape index (κ1) is 20.1. The van der Waals surface area contributed by atoms with Gasteiger partial charge in [-0.25, -0.2) is 9.59 Å². The quantitative estimate of drug-likeness (QED) is 0.147. The van der Waals surface area contributed by atoms with Crippen molar-refractivity contribution >= 4 is 55.3 Å². The summed E-state index contributed by atoms with van der Waals surface area (Å²) in [6, 6.07) is 18.4. The summed E-state index contributed by atoms with van der Waals surface area (Å²) in [5.41, 5.74) is 3.21. The van der Waals surface area contributed by atoms with Crippen molar-refractivity contribution in [2.75, 3.05) is 7.11 Å². The lowest BCUT2D eigenvalue weighted by Gasteiger charge is -2.17. The van der Waals surface area contributed by atoms with Gasteiger partial charge in [0.1, 0.15) is 5.75 Å². The van der Waals surface area contributed by atoms with Crippen LogP contribution in [-0.2, 0) is 4.74 Å². The van der Waals surface area contributed by atoms with Crippen LogP contribution in [0.3, 0.4) is 0 Å². The highest BCUT2D eigenvalue weighted by Crippen LogP contribution is 2.41. The second kappa shape index (κ2) is 7.49. The van der Waals surface area contributed by atoms with Gasteiger partial charge in [-0.15, -0.1) is 0 Å². The highest BCUT2D eigenvalue weighted by molar-refractivity contribution is 6.33. The molecule has 0 saturated carbocycles. The number of nitrogens with zero attached hydrogens (tertiary/aromatic N) is 2. The number of aryl methyl sites for hydroxylation is 1. The molecule has 6 heteroatoms. The molecule has 0 fully saturated rings. The molecule has 0 unspecified atom stereocenters. The third kappa shape index (κ3) is 2.82. The van der Waals surface area contributed by atoms with E-state index < -0.39 is 11.9 Å². The predicted octanol–water partition coefficient (Wildman–Crippen LogP) is 5.84. The summed E-state index contributed by atoms with van der Waals surface area (Å²) in [6.07, 6.45) is 3.31. The number of hydrogen-bond acceptors (Lipinski definition) is 6. The van der Waals surface area contributed by atoms with Crippen LogP contribution in [-0.4, -0.2) is 29.0 Å². The summed E-state index contributed by atoms with van der Waals surface area (Å²) in [5, 5.41) is 4.94. The minimum absolute atomic E-state index is 0.401. The van der Waals surface area contributed by atoms with Gasteiger partial charge in [0.15, 0.2) is 0 Å². The zero-order valence-electron chi connectivity index (χ0n) is 18.5. The summed E-state index contributed by atoms with van der Waals surface area (Å²) in [5.74, 6) is -0.394. The molecule has 6 nitrogen and oxygen atoms in total. The van der Waals surface area contributed by atoms with Gasteiger partial charge in [-0.1, -0.05) is 42.5 Å². The lowest BCUT2D eigenvalue weighted by atomic mass is 9.90. The minimum Gasteiger partial charge on any atom is -0.465 e. The molecular formula is C28H18N2O4. The molecule has 164 valence electrons. The van der Waals surface area contributed by atoms with E-state index in [0.29, 0.717) is 16.9 Å². The summed E-state index contributed by atoms with van der Waals surface area (Å²) in [4.78, 5) is 35.0. The molecule has 0 atom stereocenters. The molecular weight excluding hydrogens is 428 g/mol. The zero-order valence-corrected chi connectivity index (χ0v) is 18.5. The molecule has 4 aromatic carbocycles. The van der Waals surface area contributed by atoms with Crippen molar-refractivity contribution < 1.29 is 19.1 Å². The number of aromatic nitrogens is 2. The number of benzene rings is 4. The largest absolute Gasteiger partial charge is 0.465 e. The van der Waals surface area contributed by atoms with E-state index in [2.05, 4.69) is 4.98 Å². The van der Waals surface area contributed by atoms with Gasteiger partial charge in [0.05, 0.1) is 29.3 Å². The Bertz CT molecular complexity index is 1740. The maximum absolute atomic E-state index is 13.2. The van der Waals surface area contributed by atoms with Crippen LogP contribution >= 0.6 is 0 Å². The molecule has 2 aromatic heterocycles. The summed E-state index contributed by atoms with van der Waals surface area (Å²) in [7, 11) is 1.36. The maximum Gasteiger partial charge on any atom is 0.344 e. The van der Waals surface area contributed by atoms with E-state index in [9.17, 15) is 9.59 Å². The fourth-order valence-electron chi connectivity index (χ4n) is 4.74. The molecule has 6 aromatic rings. The molecule has 0 radical (unpaired) electrons. The molecule has 0 N–H and O–H groups in total. The molecule has 6 rings (SSSR count). The van der Waals surface area contributed by atoms with Crippen LogP contribution in [0.5, 0.6) is 5.75 Å². The van der Waals surface area contributed by atoms with Gasteiger partial charge >= 0.3 is 11.9 Å². The van der Waals surface area contributed by atoms with E-state index >= 15 is 0 Å². The Morgan fingerprint density at radius 3 is 2.18 bits per heavy atom. The number of carbonyl (C=O) groups excluding carboxylic acids is 2. The first-order valence-electron chi connectivity index (χ1n) is 10.8. The molecule has 0 aliphatic rings. The number of esters is 2. The number of hydrogen-bond donors (Lipinski definition) is 0. The first-order chi connectivity index (χ1) is 16.6. The Hall–Kier alpha value is -4.58. The Labute approximate surface area is 194 Å². The molecule has 0 bridgehead atoms. The number of fused-ring (bicyclic) bond motifs is 2. The van der Waals surface area contributed by atoms with Crippen LogP contribution < -0.4 is 4.74 Å². The van der Waals surface area contributed by atoms with E-state index in [-0.39, 0.29) is 0 Å². The Morgan fingerprint density at radius 1 is 0.676 bits per heavy atom. The molecule has 0 amide bonds. The van der Waals surface area contributed by atoms with Crippen LogP contribution in [0.15, 0.2) is 73.1 Å². The van der Waals surface area contributed by atoms with Crippen molar-refractivity contribution in [3.63, 3.8) is 0 Å². The van der Waals surface area contributed by atoms with Crippen LogP contribution in [0.1, 0.15) is 26.3 Å². The predicted molar refractivity (Wildman–Crippen MR) is 131 cm³/mol. The number of rotatable bonds is 3. The summed E-state index contributed by atoms with van der Waals surface area (Å²) in [6.45, 7) is 1.93. The molecule has 0 aliphatic carbocycles. The van der Waals surface area contributed by atoms with Gasteiger partial charge in [-0.3, -0.25) is 9.97 Å². The van der Waals surface area contributed by atoms with Crippen LogP contribution in [0.25, 0.3) is 43.4 Å². The monoisotopic (exact) mass is 446 g/mol. The second-order valence-corrected chi connectivity index (χ2v) is 8.14. The van der Waals surface area contributed by atoms with Gasteiger partial charge < -0.3 is 9.47 Å². The number of pyridine rings is 2. The Balaban J connectivity index is 1.69. The van der Waals surface area contributed by atoms with Crippen LogP contribution in [0.2, 0.25) is 0 Å². The molecule has 0 aliphatic heterocycles. The average Bonchev–Trinajstić information content (AvgIpc) is 2.87. The summed E-state index contributed by atoms with van der Waals surface area (Å²) >= 11 is 0. The van der Waals surface area contributed by atoms with Crippen molar-refractivity contribution in [2.45, 2.75) is 6.92 Å². The second-order valence-electron chi connectivity index (χ2n) is 8.14. The van der Waals surface area contributed by atoms with Crippen LogP contribution in [0.4, 0.5) is 0 Å². The Kier molecular flexibility index (Phi) is 4.42. The van der Waals surface area contributed by atoms with Gasteiger partial charge in [0, 0.05) is 44.7 Å². The minimum atomic E-state index is -0.442. The van der Waals surface area contributed by atoms with Gasteiger partial charge in [0.25, 0.3) is 0 Å². The van der Waals surface area contributed by atoms with Crippen LogP contribution in [0, 0.1) is 6.92 Å². The zero-order chi connectivity index (χ0) is 23.4. The standard InChI is InChI=1S/C28H18N2O4/c1-15-13-29-26-18-10-6-9-17-21(27(31)33-2)14-30-25(23(17)18)19-11-12-20(22(15)24(19)26)28(32)34-16-7-4-3-5-8-16/h3-14H,1-2H3. The van der Waals surface area contributed by atoms with Crippen molar-refractivity contribution in [1.29, 1.82) is 0 Å². The lowest BCUT2D eigenvalue weighted by molar-refractivity contribution is 0.0602. The molecule has 0 spiro atoms. The highest BCUT2D eigenvalue weighted by Gasteiger charge is 2.23. The maximum atomic E-state index is 13.2.